The zero-order valence-corrected chi connectivity index (χ0v) is 18.6. The van der Waals surface area contributed by atoms with Crippen LogP contribution in [0, 0.1) is 5.82 Å². The van der Waals surface area contributed by atoms with E-state index in [2.05, 4.69) is 4.90 Å². The van der Waals surface area contributed by atoms with Crippen LogP contribution in [0.25, 0.3) is 11.1 Å². The molecule has 4 rings (SSSR count). The number of hydrogen-bond donors (Lipinski definition) is 1. The summed E-state index contributed by atoms with van der Waals surface area (Å²) in [6.07, 6.45) is -2.42. The predicted octanol–water partition coefficient (Wildman–Crippen LogP) is 6.88. The molecule has 1 aliphatic heterocycles. The Morgan fingerprint density at radius 1 is 0.912 bits per heavy atom. The quantitative estimate of drug-likeness (QED) is 0.398. The van der Waals surface area contributed by atoms with Crippen molar-refractivity contribution in [2.75, 3.05) is 13.1 Å². The molecule has 0 amide bonds. The number of nitrogens with zero attached hydrogens (tertiary/aromatic N) is 1. The van der Waals surface area contributed by atoms with E-state index in [1.54, 1.807) is 31.2 Å². The van der Waals surface area contributed by atoms with Crippen molar-refractivity contribution < 1.29 is 27.5 Å². The second kappa shape index (κ2) is 9.58. The van der Waals surface area contributed by atoms with Gasteiger partial charge >= 0.3 is 12.1 Å². The lowest BCUT2D eigenvalue weighted by Crippen LogP contribution is -2.27. The minimum Gasteiger partial charge on any atom is -0.481 e. The third-order valence-electron chi connectivity index (χ3n) is 6.46. The summed E-state index contributed by atoms with van der Waals surface area (Å²) in [5, 5.41) is 9.51. The molecule has 0 spiro atoms. The molecule has 0 saturated carbocycles. The van der Waals surface area contributed by atoms with Crippen molar-refractivity contribution >= 4 is 5.97 Å². The van der Waals surface area contributed by atoms with Crippen LogP contribution < -0.4 is 0 Å². The molecule has 3 aromatic rings. The molecule has 7 heteroatoms. The summed E-state index contributed by atoms with van der Waals surface area (Å²) in [6, 6.07) is 16.3. The maximum Gasteiger partial charge on any atom is 0.416 e. The number of rotatable bonds is 6. The van der Waals surface area contributed by atoms with Crippen molar-refractivity contribution in [3.8, 4) is 11.1 Å². The van der Waals surface area contributed by atoms with Crippen molar-refractivity contribution in [1.29, 1.82) is 0 Å². The number of halogens is 4. The number of carboxylic acid groups (broad SMARTS) is 1. The minimum absolute atomic E-state index is 0.241. The maximum atomic E-state index is 13.7. The highest BCUT2D eigenvalue weighted by Crippen LogP contribution is 2.40. The van der Waals surface area contributed by atoms with Gasteiger partial charge < -0.3 is 5.11 Å². The normalized spacial score (nSPS) is 16.4. The molecular weight excluding hydrogens is 446 g/mol. The van der Waals surface area contributed by atoms with Crippen molar-refractivity contribution in [2.24, 2.45) is 0 Å². The molecule has 178 valence electrons. The van der Waals surface area contributed by atoms with E-state index in [0.717, 1.165) is 49.2 Å². The van der Waals surface area contributed by atoms with Gasteiger partial charge in [-0.3, -0.25) is 9.69 Å². The SMILES string of the molecule is CC(C(=O)O)c1ccc(C(c2ccc(F)cc2)N2CCCC2)c(-c2ccc(C(F)(F)F)cc2)c1. The molecular formula is C27H25F4NO2. The van der Waals surface area contributed by atoms with Crippen molar-refractivity contribution in [1.82, 2.24) is 4.90 Å². The molecule has 1 N–H and O–H groups in total. The molecule has 1 saturated heterocycles. The fraction of sp³-hybridized carbons (Fsp3) is 0.296. The molecule has 1 fully saturated rings. The molecule has 1 heterocycles. The topological polar surface area (TPSA) is 40.5 Å². The van der Waals surface area contributed by atoms with Gasteiger partial charge in [-0.25, -0.2) is 4.39 Å². The highest BCUT2D eigenvalue weighted by Gasteiger charge is 2.31. The van der Waals surface area contributed by atoms with Gasteiger partial charge in [0.2, 0.25) is 0 Å². The summed E-state index contributed by atoms with van der Waals surface area (Å²) in [6.45, 7) is 3.25. The number of likely N-dealkylation sites (tertiary alicyclic amines) is 1. The first kappa shape index (κ1) is 24.0. The third kappa shape index (κ3) is 4.99. The Labute approximate surface area is 195 Å². The lowest BCUT2D eigenvalue weighted by Gasteiger charge is -2.31. The van der Waals surface area contributed by atoms with Gasteiger partial charge in [0.25, 0.3) is 0 Å². The molecule has 1 aliphatic rings. The Kier molecular flexibility index (Phi) is 6.75. The van der Waals surface area contributed by atoms with Gasteiger partial charge in [0.1, 0.15) is 5.82 Å². The molecule has 3 nitrogen and oxygen atoms in total. The van der Waals surface area contributed by atoms with Crippen LogP contribution in [0.2, 0.25) is 0 Å². The van der Waals surface area contributed by atoms with Crippen molar-refractivity contribution in [3.63, 3.8) is 0 Å². The average Bonchev–Trinajstić information content (AvgIpc) is 3.34. The van der Waals surface area contributed by atoms with Gasteiger partial charge in [-0.2, -0.15) is 13.2 Å². The third-order valence-corrected chi connectivity index (χ3v) is 6.46. The summed E-state index contributed by atoms with van der Waals surface area (Å²) in [5.41, 5.74) is 2.76. The number of carboxylic acids is 1. The number of benzene rings is 3. The van der Waals surface area contributed by atoms with Crippen LogP contribution in [0.5, 0.6) is 0 Å². The molecule has 0 aromatic heterocycles. The second-order valence-corrected chi connectivity index (χ2v) is 8.68. The van der Waals surface area contributed by atoms with E-state index in [-0.39, 0.29) is 11.9 Å². The number of aliphatic carboxylic acids is 1. The fourth-order valence-electron chi connectivity index (χ4n) is 4.54. The molecule has 34 heavy (non-hydrogen) atoms. The Morgan fingerprint density at radius 2 is 1.50 bits per heavy atom. The minimum atomic E-state index is -4.45. The number of hydrogen-bond acceptors (Lipinski definition) is 2. The van der Waals surface area contributed by atoms with E-state index in [1.165, 1.54) is 24.3 Å². The molecule has 0 aliphatic carbocycles. The first-order chi connectivity index (χ1) is 16.1. The van der Waals surface area contributed by atoms with Gasteiger partial charge in [-0.1, -0.05) is 36.4 Å². The standard InChI is InChI=1S/C27H25F4NO2/c1-17(26(33)34)20-8-13-23(24(16-20)18-4-9-21(10-5-18)27(29,30)31)25(32-14-2-3-15-32)19-6-11-22(28)12-7-19/h4-13,16-17,25H,2-3,14-15H2,1H3,(H,33,34). The molecule has 3 aromatic carbocycles. The molecule has 0 radical (unpaired) electrons. The molecule has 2 atom stereocenters. The van der Waals surface area contributed by atoms with Crippen LogP contribution in [0.15, 0.2) is 66.7 Å². The first-order valence-electron chi connectivity index (χ1n) is 11.2. The van der Waals surface area contributed by atoms with E-state index >= 15 is 0 Å². The highest BCUT2D eigenvalue weighted by molar-refractivity contribution is 5.78. The monoisotopic (exact) mass is 471 g/mol. The zero-order valence-electron chi connectivity index (χ0n) is 18.6. The van der Waals surface area contributed by atoms with Crippen molar-refractivity contribution in [2.45, 2.75) is 37.9 Å². The Morgan fingerprint density at radius 3 is 2.06 bits per heavy atom. The van der Waals surface area contributed by atoms with E-state index < -0.39 is 23.6 Å². The van der Waals surface area contributed by atoms with Crippen LogP contribution in [-0.2, 0) is 11.0 Å². The van der Waals surface area contributed by atoms with E-state index in [1.807, 2.05) is 6.07 Å². The van der Waals surface area contributed by atoms with Gasteiger partial charge in [-0.05, 0) is 91.0 Å². The average molecular weight is 471 g/mol. The Balaban J connectivity index is 1.89. The summed E-state index contributed by atoms with van der Waals surface area (Å²) < 4.78 is 53.1. The lowest BCUT2D eigenvalue weighted by atomic mass is 9.86. The van der Waals surface area contributed by atoms with Crippen LogP contribution in [0.1, 0.15) is 54.0 Å². The van der Waals surface area contributed by atoms with Crippen molar-refractivity contribution in [3.05, 3.63) is 94.8 Å². The Hall–Kier alpha value is -3.19. The fourth-order valence-corrected chi connectivity index (χ4v) is 4.54. The van der Waals surface area contributed by atoms with Crippen LogP contribution in [0.4, 0.5) is 17.6 Å². The maximum absolute atomic E-state index is 13.7. The van der Waals surface area contributed by atoms with Gasteiger partial charge in [0.05, 0.1) is 17.5 Å². The summed E-state index contributed by atoms with van der Waals surface area (Å²) in [5.74, 6) is -2.11. The van der Waals surface area contributed by atoms with E-state index in [9.17, 15) is 27.5 Å². The number of carbonyl (C=O) groups is 1. The number of alkyl halides is 3. The first-order valence-corrected chi connectivity index (χ1v) is 11.2. The van der Waals surface area contributed by atoms with E-state index in [4.69, 9.17) is 0 Å². The summed E-state index contributed by atoms with van der Waals surface area (Å²) >= 11 is 0. The zero-order chi connectivity index (χ0) is 24.5. The van der Waals surface area contributed by atoms with Gasteiger partial charge in [0.15, 0.2) is 0 Å². The summed E-state index contributed by atoms with van der Waals surface area (Å²) in [7, 11) is 0. The summed E-state index contributed by atoms with van der Waals surface area (Å²) in [4.78, 5) is 13.9. The lowest BCUT2D eigenvalue weighted by molar-refractivity contribution is -0.138. The van der Waals surface area contributed by atoms with Crippen LogP contribution in [-0.4, -0.2) is 29.1 Å². The van der Waals surface area contributed by atoms with Crippen LogP contribution >= 0.6 is 0 Å². The van der Waals surface area contributed by atoms with Gasteiger partial charge in [0, 0.05) is 0 Å². The highest BCUT2D eigenvalue weighted by atomic mass is 19.4. The van der Waals surface area contributed by atoms with Crippen LogP contribution in [0.3, 0.4) is 0 Å². The predicted molar refractivity (Wildman–Crippen MR) is 122 cm³/mol. The largest absolute Gasteiger partial charge is 0.481 e. The second-order valence-electron chi connectivity index (χ2n) is 8.68. The van der Waals surface area contributed by atoms with E-state index in [0.29, 0.717) is 16.7 Å². The van der Waals surface area contributed by atoms with Gasteiger partial charge in [-0.15, -0.1) is 0 Å². The molecule has 2 unspecified atom stereocenters. The molecule has 0 bridgehead atoms. The smallest absolute Gasteiger partial charge is 0.416 e. The Bertz CT molecular complexity index is 1150.